The van der Waals surface area contributed by atoms with Crippen molar-refractivity contribution in [2.24, 2.45) is 0 Å². The minimum absolute atomic E-state index is 0.456. The summed E-state index contributed by atoms with van der Waals surface area (Å²) >= 11 is 6.12. The second-order valence-corrected chi connectivity index (χ2v) is 4.75. The van der Waals surface area contributed by atoms with Gasteiger partial charge in [0, 0.05) is 12.1 Å². The van der Waals surface area contributed by atoms with E-state index in [1.165, 1.54) is 0 Å². The summed E-state index contributed by atoms with van der Waals surface area (Å²) in [6.07, 6.45) is 0.691. The number of rotatable bonds is 4. The fraction of sp³-hybridized carbons (Fsp3) is 0.357. The first-order valence-electron chi connectivity index (χ1n) is 6.12. The van der Waals surface area contributed by atoms with E-state index in [1.54, 1.807) is 18.0 Å². The van der Waals surface area contributed by atoms with Gasteiger partial charge in [-0.3, -0.25) is 4.68 Å². The summed E-state index contributed by atoms with van der Waals surface area (Å²) < 4.78 is 6.99. The molecule has 0 saturated heterocycles. The minimum atomic E-state index is -0.857. The fourth-order valence-electron chi connectivity index (χ4n) is 2.11. The average Bonchev–Trinajstić information content (AvgIpc) is 2.79. The van der Waals surface area contributed by atoms with E-state index in [9.17, 15) is 5.11 Å². The Bertz CT molecular complexity index is 581. The van der Waals surface area contributed by atoms with E-state index in [2.05, 4.69) is 5.10 Å². The number of aliphatic hydroxyl groups is 1. The molecule has 4 nitrogen and oxygen atoms in total. The Kier molecular flexibility index (Phi) is 4.12. The number of halogens is 1. The van der Waals surface area contributed by atoms with Crippen LogP contribution in [0.3, 0.4) is 0 Å². The van der Waals surface area contributed by atoms with Crippen molar-refractivity contribution in [3.8, 4) is 5.75 Å². The molecule has 1 N–H and O–H groups in total. The molecule has 0 fully saturated rings. The number of aryl methyl sites for hydroxylation is 2. The van der Waals surface area contributed by atoms with E-state index in [1.807, 2.05) is 32.0 Å². The molecule has 1 aromatic heterocycles. The number of ether oxygens (including phenoxy) is 1. The van der Waals surface area contributed by atoms with Crippen LogP contribution in [0.5, 0.6) is 5.75 Å². The van der Waals surface area contributed by atoms with Gasteiger partial charge in [0.15, 0.2) is 0 Å². The molecule has 0 saturated carbocycles. The van der Waals surface area contributed by atoms with E-state index in [0.29, 0.717) is 28.6 Å². The lowest BCUT2D eigenvalue weighted by Gasteiger charge is -2.17. The van der Waals surface area contributed by atoms with Crippen LogP contribution in [0.1, 0.15) is 29.8 Å². The van der Waals surface area contributed by atoms with E-state index in [-0.39, 0.29) is 0 Å². The second-order valence-electron chi connectivity index (χ2n) is 4.34. The van der Waals surface area contributed by atoms with Crippen molar-refractivity contribution in [3.05, 3.63) is 46.2 Å². The van der Waals surface area contributed by atoms with Crippen LogP contribution in [0, 0.1) is 6.92 Å². The Morgan fingerprint density at radius 2 is 2.21 bits per heavy atom. The average molecular weight is 281 g/mol. The van der Waals surface area contributed by atoms with Gasteiger partial charge in [0.25, 0.3) is 0 Å². The molecule has 102 valence electrons. The molecule has 1 unspecified atom stereocenters. The van der Waals surface area contributed by atoms with Gasteiger partial charge in [-0.15, -0.1) is 0 Å². The summed E-state index contributed by atoms with van der Waals surface area (Å²) in [4.78, 5) is 0. The quantitative estimate of drug-likeness (QED) is 0.937. The molecule has 0 aliphatic carbocycles. The van der Waals surface area contributed by atoms with Crippen LogP contribution in [0.25, 0.3) is 0 Å². The molecule has 0 radical (unpaired) electrons. The molecule has 2 rings (SSSR count). The van der Waals surface area contributed by atoms with Gasteiger partial charge < -0.3 is 9.84 Å². The van der Waals surface area contributed by atoms with Crippen LogP contribution in [0.4, 0.5) is 0 Å². The molecule has 2 aromatic rings. The Hall–Kier alpha value is -1.52. The number of hydrogen-bond donors (Lipinski definition) is 1. The van der Waals surface area contributed by atoms with Gasteiger partial charge in [-0.2, -0.15) is 5.10 Å². The first-order chi connectivity index (χ1) is 9.08. The van der Waals surface area contributed by atoms with Crippen LogP contribution in [0.2, 0.25) is 5.02 Å². The first kappa shape index (κ1) is 13.9. The van der Waals surface area contributed by atoms with Gasteiger partial charge in [0.1, 0.15) is 11.9 Å². The van der Waals surface area contributed by atoms with E-state index in [4.69, 9.17) is 16.3 Å². The van der Waals surface area contributed by atoms with Crippen molar-refractivity contribution < 1.29 is 9.84 Å². The van der Waals surface area contributed by atoms with E-state index < -0.39 is 6.10 Å². The molecule has 5 heteroatoms. The fourth-order valence-corrected chi connectivity index (χ4v) is 2.36. The number of benzene rings is 1. The standard InChI is InChI=1S/C14H17ClN2O2/c1-4-17-13(11(15)8-16-17)14(18)10-7-9(2)5-6-12(10)19-3/h5-8,14,18H,4H2,1-3H3. The van der Waals surface area contributed by atoms with Gasteiger partial charge in [-0.25, -0.2) is 0 Å². The van der Waals surface area contributed by atoms with Gasteiger partial charge >= 0.3 is 0 Å². The zero-order valence-corrected chi connectivity index (χ0v) is 12.0. The highest BCUT2D eigenvalue weighted by atomic mass is 35.5. The van der Waals surface area contributed by atoms with E-state index in [0.717, 1.165) is 5.56 Å². The summed E-state index contributed by atoms with van der Waals surface area (Å²) in [5, 5.41) is 15.2. The maximum Gasteiger partial charge on any atom is 0.126 e. The maximum atomic E-state index is 10.6. The third kappa shape index (κ3) is 2.60. The molecular formula is C14H17ClN2O2. The van der Waals surface area contributed by atoms with Crippen molar-refractivity contribution in [2.45, 2.75) is 26.5 Å². The molecule has 19 heavy (non-hydrogen) atoms. The summed E-state index contributed by atoms with van der Waals surface area (Å²) in [5.41, 5.74) is 2.33. The molecule has 1 atom stereocenters. The maximum absolute atomic E-state index is 10.6. The van der Waals surface area contributed by atoms with Crippen molar-refractivity contribution in [3.63, 3.8) is 0 Å². The zero-order chi connectivity index (χ0) is 14.0. The van der Waals surface area contributed by atoms with Crippen LogP contribution in [-0.4, -0.2) is 22.0 Å². The predicted octanol–water partition coefficient (Wildman–Crippen LogP) is 2.96. The summed E-state index contributed by atoms with van der Waals surface area (Å²) in [7, 11) is 1.58. The SMILES string of the molecule is CCn1ncc(Cl)c1C(O)c1cc(C)ccc1OC. The number of aromatic nitrogens is 2. The van der Waals surface area contributed by atoms with Crippen molar-refractivity contribution in [2.75, 3.05) is 7.11 Å². The Balaban J connectivity index is 2.51. The highest BCUT2D eigenvalue weighted by Crippen LogP contribution is 2.34. The van der Waals surface area contributed by atoms with E-state index >= 15 is 0 Å². The third-order valence-corrected chi connectivity index (χ3v) is 3.36. The molecular weight excluding hydrogens is 264 g/mol. The van der Waals surface area contributed by atoms with Crippen molar-refractivity contribution >= 4 is 11.6 Å². The molecule has 1 aromatic carbocycles. The Morgan fingerprint density at radius 1 is 1.47 bits per heavy atom. The molecule has 0 aliphatic rings. The number of hydrogen-bond acceptors (Lipinski definition) is 3. The monoisotopic (exact) mass is 280 g/mol. The third-order valence-electron chi connectivity index (χ3n) is 3.07. The minimum Gasteiger partial charge on any atom is -0.496 e. The lowest BCUT2D eigenvalue weighted by molar-refractivity contribution is 0.203. The van der Waals surface area contributed by atoms with Crippen molar-refractivity contribution in [1.29, 1.82) is 0 Å². The second kappa shape index (κ2) is 5.63. The molecule has 0 aliphatic heterocycles. The first-order valence-corrected chi connectivity index (χ1v) is 6.50. The van der Waals surface area contributed by atoms with Crippen molar-refractivity contribution in [1.82, 2.24) is 9.78 Å². The lowest BCUT2D eigenvalue weighted by Crippen LogP contribution is -2.10. The summed E-state index contributed by atoms with van der Waals surface area (Å²) in [5.74, 6) is 0.637. The highest BCUT2D eigenvalue weighted by molar-refractivity contribution is 6.31. The van der Waals surface area contributed by atoms with Gasteiger partial charge in [0.05, 0.1) is 24.0 Å². The smallest absolute Gasteiger partial charge is 0.126 e. The molecule has 0 bridgehead atoms. The lowest BCUT2D eigenvalue weighted by atomic mass is 10.0. The number of aliphatic hydroxyl groups excluding tert-OH is 1. The molecule has 0 spiro atoms. The molecule has 0 amide bonds. The summed E-state index contributed by atoms with van der Waals surface area (Å²) in [6.45, 7) is 4.56. The van der Waals surface area contributed by atoms with Crippen LogP contribution >= 0.6 is 11.6 Å². The zero-order valence-electron chi connectivity index (χ0n) is 11.2. The number of nitrogens with zero attached hydrogens (tertiary/aromatic N) is 2. The molecule has 1 heterocycles. The van der Waals surface area contributed by atoms with Gasteiger partial charge in [-0.05, 0) is 26.0 Å². The highest BCUT2D eigenvalue weighted by Gasteiger charge is 2.22. The van der Waals surface area contributed by atoms with Crippen LogP contribution in [-0.2, 0) is 6.54 Å². The van der Waals surface area contributed by atoms with Crippen LogP contribution in [0.15, 0.2) is 24.4 Å². The van der Waals surface area contributed by atoms with Gasteiger partial charge in [0.2, 0.25) is 0 Å². The number of methoxy groups -OCH3 is 1. The Morgan fingerprint density at radius 3 is 2.84 bits per heavy atom. The predicted molar refractivity (Wildman–Crippen MR) is 74.7 cm³/mol. The van der Waals surface area contributed by atoms with Crippen LogP contribution < -0.4 is 4.74 Å². The summed E-state index contributed by atoms with van der Waals surface area (Å²) in [6, 6.07) is 5.68. The Labute approximate surface area is 117 Å². The normalized spacial score (nSPS) is 12.5. The topological polar surface area (TPSA) is 47.3 Å². The largest absolute Gasteiger partial charge is 0.496 e. The van der Waals surface area contributed by atoms with Gasteiger partial charge in [-0.1, -0.05) is 23.2 Å².